The van der Waals surface area contributed by atoms with Crippen LogP contribution in [0.3, 0.4) is 0 Å². The molecule has 1 unspecified atom stereocenters. The Labute approximate surface area is 112 Å². The number of carbonyl (C=O) groups excluding carboxylic acids is 1. The largest absolute Gasteiger partial charge is 0.481 e. The van der Waals surface area contributed by atoms with Gasteiger partial charge in [-0.1, -0.05) is 0 Å². The number of carboxylic acid groups (broad SMARTS) is 1. The molecule has 8 heteroatoms. The SMILES string of the molecule is O=C(O)CCS(=O)(=O)N1CCCC1C(=O)NC1CC1. The summed E-state index contributed by atoms with van der Waals surface area (Å²) in [5.41, 5.74) is 0. The van der Waals surface area contributed by atoms with E-state index < -0.39 is 34.2 Å². The van der Waals surface area contributed by atoms with Gasteiger partial charge in [0.25, 0.3) is 0 Å². The van der Waals surface area contributed by atoms with Gasteiger partial charge >= 0.3 is 5.97 Å². The third-order valence-electron chi connectivity index (χ3n) is 3.36. The number of sulfonamides is 1. The Morgan fingerprint density at radius 1 is 1.26 bits per heavy atom. The molecule has 0 bridgehead atoms. The van der Waals surface area contributed by atoms with Gasteiger partial charge in [0, 0.05) is 12.6 Å². The Balaban J connectivity index is 2.00. The maximum Gasteiger partial charge on any atom is 0.304 e. The van der Waals surface area contributed by atoms with E-state index in [0.717, 1.165) is 17.1 Å². The van der Waals surface area contributed by atoms with Gasteiger partial charge in [0.05, 0.1) is 12.2 Å². The van der Waals surface area contributed by atoms with Crippen molar-refractivity contribution in [3.8, 4) is 0 Å². The highest BCUT2D eigenvalue weighted by molar-refractivity contribution is 7.89. The summed E-state index contributed by atoms with van der Waals surface area (Å²) in [5.74, 6) is -1.85. The van der Waals surface area contributed by atoms with E-state index in [0.29, 0.717) is 19.4 Å². The molecule has 1 aliphatic carbocycles. The molecule has 1 heterocycles. The number of aliphatic carboxylic acids is 1. The third kappa shape index (κ3) is 3.66. The van der Waals surface area contributed by atoms with Crippen LogP contribution in [0.4, 0.5) is 0 Å². The molecule has 0 spiro atoms. The highest BCUT2D eigenvalue weighted by Gasteiger charge is 2.39. The Morgan fingerprint density at radius 3 is 2.53 bits per heavy atom. The first-order valence-electron chi connectivity index (χ1n) is 6.42. The Hall–Kier alpha value is -1.15. The minimum absolute atomic E-state index is 0.191. The molecule has 1 amide bonds. The molecule has 7 nitrogen and oxygen atoms in total. The summed E-state index contributed by atoms with van der Waals surface area (Å²) in [5, 5.41) is 11.4. The molecule has 2 rings (SSSR count). The van der Waals surface area contributed by atoms with Crippen LogP contribution in [0.2, 0.25) is 0 Å². The Kier molecular flexibility index (Phi) is 4.10. The lowest BCUT2D eigenvalue weighted by atomic mass is 10.2. The molecule has 2 fully saturated rings. The van der Waals surface area contributed by atoms with Crippen molar-refractivity contribution in [3.05, 3.63) is 0 Å². The lowest BCUT2D eigenvalue weighted by molar-refractivity contribution is -0.136. The first kappa shape index (κ1) is 14.3. The summed E-state index contributed by atoms with van der Waals surface area (Å²) in [6.45, 7) is 0.296. The van der Waals surface area contributed by atoms with Crippen molar-refractivity contribution in [1.29, 1.82) is 0 Å². The summed E-state index contributed by atoms with van der Waals surface area (Å²) >= 11 is 0. The van der Waals surface area contributed by atoms with E-state index in [9.17, 15) is 18.0 Å². The number of carbonyl (C=O) groups is 2. The second-order valence-electron chi connectivity index (χ2n) is 5.01. The Bertz CT molecular complexity index is 471. The summed E-state index contributed by atoms with van der Waals surface area (Å²) in [7, 11) is -3.67. The number of amides is 1. The molecule has 1 atom stereocenters. The van der Waals surface area contributed by atoms with E-state index >= 15 is 0 Å². The predicted molar refractivity (Wildman–Crippen MR) is 66.9 cm³/mol. The van der Waals surface area contributed by atoms with Crippen LogP contribution >= 0.6 is 0 Å². The van der Waals surface area contributed by atoms with Crippen molar-refractivity contribution < 1.29 is 23.1 Å². The molecule has 19 heavy (non-hydrogen) atoms. The zero-order valence-corrected chi connectivity index (χ0v) is 11.4. The number of rotatable bonds is 6. The fourth-order valence-electron chi connectivity index (χ4n) is 2.19. The van der Waals surface area contributed by atoms with E-state index in [1.807, 2.05) is 0 Å². The van der Waals surface area contributed by atoms with E-state index in [1.54, 1.807) is 0 Å². The van der Waals surface area contributed by atoms with Gasteiger partial charge in [-0.2, -0.15) is 4.31 Å². The molecule has 1 saturated carbocycles. The molecule has 1 saturated heterocycles. The number of nitrogens with one attached hydrogen (secondary N) is 1. The second kappa shape index (κ2) is 5.46. The van der Waals surface area contributed by atoms with E-state index in [1.165, 1.54) is 0 Å². The number of nitrogens with zero attached hydrogens (tertiary/aromatic N) is 1. The van der Waals surface area contributed by atoms with Crippen molar-refractivity contribution >= 4 is 21.9 Å². The summed E-state index contributed by atoms with van der Waals surface area (Å²) in [4.78, 5) is 22.4. The summed E-state index contributed by atoms with van der Waals surface area (Å²) in [6, 6.07) is -0.476. The van der Waals surface area contributed by atoms with Crippen molar-refractivity contribution in [2.24, 2.45) is 0 Å². The van der Waals surface area contributed by atoms with Gasteiger partial charge < -0.3 is 10.4 Å². The van der Waals surface area contributed by atoms with Gasteiger partial charge in [-0.05, 0) is 25.7 Å². The van der Waals surface area contributed by atoms with Crippen LogP contribution < -0.4 is 5.32 Å². The van der Waals surface area contributed by atoms with Crippen LogP contribution in [0.5, 0.6) is 0 Å². The highest BCUT2D eigenvalue weighted by Crippen LogP contribution is 2.24. The minimum Gasteiger partial charge on any atom is -0.481 e. The maximum absolute atomic E-state index is 12.0. The fourth-order valence-corrected chi connectivity index (χ4v) is 3.86. The number of hydrogen-bond donors (Lipinski definition) is 2. The fraction of sp³-hybridized carbons (Fsp3) is 0.818. The second-order valence-corrected chi connectivity index (χ2v) is 7.05. The van der Waals surface area contributed by atoms with Crippen molar-refractivity contribution in [1.82, 2.24) is 9.62 Å². The van der Waals surface area contributed by atoms with Crippen molar-refractivity contribution in [2.45, 2.75) is 44.2 Å². The number of hydrogen-bond acceptors (Lipinski definition) is 4. The van der Waals surface area contributed by atoms with Crippen LogP contribution in [0, 0.1) is 0 Å². The van der Waals surface area contributed by atoms with E-state index in [4.69, 9.17) is 5.11 Å². The van der Waals surface area contributed by atoms with E-state index in [2.05, 4.69) is 5.32 Å². The standard InChI is InChI=1S/C11H18N2O5S/c14-10(15)5-7-19(17,18)13-6-1-2-9(13)11(16)12-8-3-4-8/h8-9H,1-7H2,(H,12,16)(H,14,15). The average molecular weight is 290 g/mol. The molecule has 1 aliphatic heterocycles. The van der Waals surface area contributed by atoms with Crippen LogP contribution in [-0.4, -0.2) is 54.1 Å². The van der Waals surface area contributed by atoms with Crippen LogP contribution in [0.15, 0.2) is 0 Å². The maximum atomic E-state index is 12.0. The topological polar surface area (TPSA) is 104 Å². The van der Waals surface area contributed by atoms with Gasteiger partial charge in [-0.15, -0.1) is 0 Å². The lowest BCUT2D eigenvalue weighted by Crippen LogP contribution is -2.47. The first-order chi connectivity index (χ1) is 8.90. The summed E-state index contributed by atoms with van der Waals surface area (Å²) < 4.78 is 25.2. The molecule has 0 radical (unpaired) electrons. The van der Waals surface area contributed by atoms with Crippen molar-refractivity contribution in [2.75, 3.05) is 12.3 Å². The Morgan fingerprint density at radius 2 is 1.95 bits per heavy atom. The van der Waals surface area contributed by atoms with Crippen LogP contribution in [0.25, 0.3) is 0 Å². The zero-order chi connectivity index (χ0) is 14.0. The average Bonchev–Trinajstić information content (AvgIpc) is 2.98. The molecule has 2 N–H and O–H groups in total. The van der Waals surface area contributed by atoms with Crippen molar-refractivity contribution in [3.63, 3.8) is 0 Å². The van der Waals surface area contributed by atoms with Gasteiger partial charge in [0.1, 0.15) is 6.04 Å². The predicted octanol–water partition coefficient (Wildman–Crippen LogP) is -0.466. The van der Waals surface area contributed by atoms with Gasteiger partial charge in [0.2, 0.25) is 15.9 Å². The van der Waals surface area contributed by atoms with E-state index in [-0.39, 0.29) is 11.9 Å². The number of carboxylic acids is 1. The molecule has 108 valence electrons. The van der Waals surface area contributed by atoms with Gasteiger partial charge in [0.15, 0.2) is 0 Å². The molecule has 0 aromatic rings. The first-order valence-corrected chi connectivity index (χ1v) is 8.03. The lowest BCUT2D eigenvalue weighted by Gasteiger charge is -2.23. The minimum atomic E-state index is -3.67. The van der Waals surface area contributed by atoms with Crippen LogP contribution in [-0.2, 0) is 19.6 Å². The third-order valence-corrected chi connectivity index (χ3v) is 5.23. The zero-order valence-electron chi connectivity index (χ0n) is 10.5. The van der Waals surface area contributed by atoms with Gasteiger partial charge in [-0.25, -0.2) is 8.42 Å². The monoisotopic (exact) mass is 290 g/mol. The normalized spacial score (nSPS) is 24.3. The molecular formula is C11H18N2O5S. The molecule has 2 aliphatic rings. The highest BCUT2D eigenvalue weighted by atomic mass is 32.2. The van der Waals surface area contributed by atoms with Gasteiger partial charge in [-0.3, -0.25) is 9.59 Å². The molecular weight excluding hydrogens is 272 g/mol. The quantitative estimate of drug-likeness (QED) is 0.688. The summed E-state index contributed by atoms with van der Waals surface area (Å²) in [6.07, 6.45) is 2.60. The van der Waals surface area contributed by atoms with Crippen LogP contribution in [0.1, 0.15) is 32.1 Å². The molecule has 0 aromatic heterocycles. The molecule has 0 aromatic carbocycles. The smallest absolute Gasteiger partial charge is 0.304 e.